The van der Waals surface area contributed by atoms with Gasteiger partial charge in [0.25, 0.3) is 0 Å². The van der Waals surface area contributed by atoms with Crippen LogP contribution < -0.4 is 4.72 Å². The van der Waals surface area contributed by atoms with Crippen LogP contribution in [0.15, 0.2) is 29.2 Å². The molecule has 0 aromatic heterocycles. The highest BCUT2D eigenvalue weighted by atomic mass is 32.2. The van der Waals surface area contributed by atoms with E-state index in [0.717, 1.165) is 12.1 Å². The smallest absolute Gasteiger partial charge is 0.229 e. The Labute approximate surface area is 111 Å². The molecule has 1 saturated heterocycles. The van der Waals surface area contributed by atoms with Gasteiger partial charge in [-0.05, 0) is 31.5 Å². The normalized spacial score (nSPS) is 26.4. The number of halogens is 1. The SMILES string of the molecule is CC1(NS(=O)(=O)c2cccc(F)c2)CCS(=O)(=O)C1. The van der Waals surface area contributed by atoms with Crippen molar-refractivity contribution in [1.82, 2.24) is 4.72 Å². The summed E-state index contributed by atoms with van der Waals surface area (Å²) in [6, 6.07) is 4.59. The van der Waals surface area contributed by atoms with Gasteiger partial charge in [-0.25, -0.2) is 25.9 Å². The average Bonchev–Trinajstić information content (AvgIpc) is 2.51. The molecule has 0 spiro atoms. The topological polar surface area (TPSA) is 80.3 Å². The fraction of sp³-hybridized carbons (Fsp3) is 0.455. The monoisotopic (exact) mass is 307 g/mol. The van der Waals surface area contributed by atoms with E-state index in [-0.39, 0.29) is 22.8 Å². The van der Waals surface area contributed by atoms with Crippen LogP contribution in [0.5, 0.6) is 0 Å². The van der Waals surface area contributed by atoms with Gasteiger partial charge in [-0.1, -0.05) is 6.07 Å². The molecule has 5 nitrogen and oxygen atoms in total. The van der Waals surface area contributed by atoms with E-state index >= 15 is 0 Å². The fourth-order valence-electron chi connectivity index (χ4n) is 2.11. The van der Waals surface area contributed by atoms with Crippen molar-refractivity contribution in [3.05, 3.63) is 30.1 Å². The summed E-state index contributed by atoms with van der Waals surface area (Å²) < 4.78 is 62.4. The van der Waals surface area contributed by atoms with Crippen molar-refractivity contribution in [2.45, 2.75) is 23.8 Å². The third kappa shape index (κ3) is 3.31. The van der Waals surface area contributed by atoms with Crippen LogP contribution in [0.1, 0.15) is 13.3 Å². The average molecular weight is 307 g/mol. The molecule has 1 aliphatic heterocycles. The van der Waals surface area contributed by atoms with Gasteiger partial charge in [0.15, 0.2) is 9.84 Å². The van der Waals surface area contributed by atoms with Crippen LogP contribution >= 0.6 is 0 Å². The van der Waals surface area contributed by atoms with Crippen LogP contribution in [0, 0.1) is 5.82 Å². The predicted molar refractivity (Wildman–Crippen MR) is 68.4 cm³/mol. The van der Waals surface area contributed by atoms with E-state index in [9.17, 15) is 21.2 Å². The largest absolute Gasteiger partial charge is 0.241 e. The molecule has 1 N–H and O–H groups in total. The quantitative estimate of drug-likeness (QED) is 0.890. The predicted octanol–water partition coefficient (Wildman–Crippen LogP) is 0.681. The number of benzene rings is 1. The summed E-state index contributed by atoms with van der Waals surface area (Å²) >= 11 is 0. The first-order valence-corrected chi connectivity index (χ1v) is 8.92. The Kier molecular flexibility index (Phi) is 3.44. The lowest BCUT2D eigenvalue weighted by molar-refractivity contribution is 0.461. The lowest BCUT2D eigenvalue weighted by atomic mass is 10.0. The molecule has 1 fully saturated rings. The van der Waals surface area contributed by atoms with Gasteiger partial charge in [0, 0.05) is 5.54 Å². The molecular weight excluding hydrogens is 293 g/mol. The highest BCUT2D eigenvalue weighted by Gasteiger charge is 2.41. The number of sulfone groups is 1. The molecule has 0 amide bonds. The van der Waals surface area contributed by atoms with E-state index < -0.39 is 31.2 Å². The molecule has 106 valence electrons. The van der Waals surface area contributed by atoms with Crippen LogP contribution in [0.3, 0.4) is 0 Å². The molecule has 2 rings (SSSR count). The Morgan fingerprint density at radius 1 is 1.37 bits per heavy atom. The molecule has 1 aromatic rings. The second-order valence-electron chi connectivity index (χ2n) is 4.97. The zero-order chi connectivity index (χ0) is 14.3. The maximum absolute atomic E-state index is 13.0. The molecule has 0 radical (unpaired) electrons. The summed E-state index contributed by atoms with van der Waals surface area (Å²) in [4.78, 5) is -0.210. The number of sulfonamides is 1. The van der Waals surface area contributed by atoms with Crippen molar-refractivity contribution >= 4 is 19.9 Å². The van der Waals surface area contributed by atoms with E-state index in [4.69, 9.17) is 0 Å². The summed E-state index contributed by atoms with van der Waals surface area (Å²) in [7, 11) is -7.15. The van der Waals surface area contributed by atoms with Crippen molar-refractivity contribution < 1.29 is 21.2 Å². The zero-order valence-electron chi connectivity index (χ0n) is 10.3. The van der Waals surface area contributed by atoms with Crippen molar-refractivity contribution in [3.8, 4) is 0 Å². The molecule has 0 bridgehead atoms. The summed E-state index contributed by atoms with van der Waals surface area (Å²) in [6.45, 7) is 1.54. The van der Waals surface area contributed by atoms with E-state index in [2.05, 4.69) is 4.72 Å². The van der Waals surface area contributed by atoms with E-state index in [1.807, 2.05) is 0 Å². The minimum Gasteiger partial charge on any atom is -0.229 e. The first-order valence-electron chi connectivity index (χ1n) is 5.62. The van der Waals surface area contributed by atoms with Crippen LogP contribution in [0.25, 0.3) is 0 Å². The zero-order valence-corrected chi connectivity index (χ0v) is 11.9. The number of hydrogen-bond acceptors (Lipinski definition) is 4. The Balaban J connectivity index is 2.28. The lowest BCUT2D eigenvalue weighted by Crippen LogP contribution is -2.46. The Morgan fingerprint density at radius 2 is 2.05 bits per heavy atom. The van der Waals surface area contributed by atoms with Gasteiger partial charge >= 0.3 is 0 Å². The Morgan fingerprint density at radius 3 is 2.58 bits per heavy atom. The minimum atomic E-state index is -3.93. The molecule has 1 atom stereocenters. The summed E-state index contributed by atoms with van der Waals surface area (Å²) in [5, 5.41) is 0. The molecule has 19 heavy (non-hydrogen) atoms. The van der Waals surface area contributed by atoms with Gasteiger partial charge in [-0.15, -0.1) is 0 Å². The molecule has 1 aliphatic rings. The van der Waals surface area contributed by atoms with Gasteiger partial charge in [-0.3, -0.25) is 0 Å². The van der Waals surface area contributed by atoms with Crippen LogP contribution in [0.2, 0.25) is 0 Å². The van der Waals surface area contributed by atoms with Gasteiger partial charge in [-0.2, -0.15) is 0 Å². The summed E-state index contributed by atoms with van der Waals surface area (Å²) in [5.41, 5.74) is -1.04. The molecule has 0 saturated carbocycles. The van der Waals surface area contributed by atoms with Crippen molar-refractivity contribution in [1.29, 1.82) is 0 Å². The Hall–Kier alpha value is -0.990. The van der Waals surface area contributed by atoms with Crippen molar-refractivity contribution in [2.75, 3.05) is 11.5 Å². The van der Waals surface area contributed by atoms with E-state index in [1.165, 1.54) is 19.1 Å². The second-order valence-corrected chi connectivity index (χ2v) is 8.83. The second kappa shape index (κ2) is 4.53. The highest BCUT2D eigenvalue weighted by molar-refractivity contribution is 7.92. The van der Waals surface area contributed by atoms with Gasteiger partial charge < -0.3 is 0 Å². The minimum absolute atomic E-state index is 0.0465. The summed E-state index contributed by atoms with van der Waals surface area (Å²) in [6.07, 6.45) is 0.212. The Bertz CT molecular complexity index is 699. The molecule has 0 aliphatic carbocycles. The van der Waals surface area contributed by atoms with E-state index in [0.29, 0.717) is 0 Å². The van der Waals surface area contributed by atoms with Crippen LogP contribution in [-0.4, -0.2) is 33.9 Å². The van der Waals surface area contributed by atoms with E-state index in [1.54, 1.807) is 0 Å². The summed E-state index contributed by atoms with van der Waals surface area (Å²) in [5.74, 6) is -0.948. The standard InChI is InChI=1S/C11H14FNO4S2/c1-11(5-6-18(14,15)8-11)13-19(16,17)10-4-2-3-9(12)7-10/h2-4,7,13H,5-6,8H2,1H3. The lowest BCUT2D eigenvalue weighted by Gasteiger charge is -2.23. The number of nitrogens with one attached hydrogen (secondary N) is 1. The van der Waals surface area contributed by atoms with Gasteiger partial charge in [0.05, 0.1) is 16.4 Å². The van der Waals surface area contributed by atoms with Crippen molar-refractivity contribution in [3.63, 3.8) is 0 Å². The first kappa shape index (κ1) is 14.4. The molecule has 1 unspecified atom stereocenters. The highest BCUT2D eigenvalue weighted by Crippen LogP contribution is 2.25. The van der Waals surface area contributed by atoms with Gasteiger partial charge in [0.2, 0.25) is 10.0 Å². The van der Waals surface area contributed by atoms with Crippen molar-refractivity contribution in [2.24, 2.45) is 0 Å². The van der Waals surface area contributed by atoms with Crippen LogP contribution in [-0.2, 0) is 19.9 Å². The molecule has 1 aromatic carbocycles. The maximum atomic E-state index is 13.0. The molecule has 1 heterocycles. The molecule has 8 heteroatoms. The van der Waals surface area contributed by atoms with Crippen LogP contribution in [0.4, 0.5) is 4.39 Å². The third-order valence-corrected chi connectivity index (χ3v) is 6.53. The number of hydrogen-bond donors (Lipinski definition) is 1. The number of rotatable bonds is 3. The fourth-order valence-corrected chi connectivity index (χ4v) is 5.76. The first-order chi connectivity index (χ1) is 8.62. The maximum Gasteiger partial charge on any atom is 0.241 e. The third-order valence-electron chi connectivity index (χ3n) is 2.99. The van der Waals surface area contributed by atoms with Gasteiger partial charge in [0.1, 0.15) is 5.82 Å². The molecular formula is C11H14FNO4S2.